The normalized spacial score (nSPS) is 14.0. The van der Waals surface area contributed by atoms with Crippen LogP contribution in [0.1, 0.15) is 66.5 Å². The van der Waals surface area contributed by atoms with Crippen molar-refractivity contribution < 1.29 is 23.9 Å². The van der Waals surface area contributed by atoms with Gasteiger partial charge in [0.05, 0.1) is 5.69 Å². The van der Waals surface area contributed by atoms with Gasteiger partial charge in [0.25, 0.3) is 11.8 Å². The van der Waals surface area contributed by atoms with E-state index in [9.17, 15) is 23.9 Å². The third-order valence-electron chi connectivity index (χ3n) is 6.73. The number of rotatable bonds is 6. The van der Waals surface area contributed by atoms with Crippen LogP contribution >= 0.6 is 0 Å². The summed E-state index contributed by atoms with van der Waals surface area (Å²) < 4.78 is 15.0. The molecule has 4 rings (SSSR count). The van der Waals surface area contributed by atoms with E-state index in [0.29, 0.717) is 22.3 Å². The molecular weight excluding hydrogens is 471 g/mol. The van der Waals surface area contributed by atoms with Crippen LogP contribution in [0.5, 0.6) is 0 Å². The first-order chi connectivity index (χ1) is 17.4. The quantitative estimate of drug-likeness (QED) is 0.426. The second-order valence-corrected chi connectivity index (χ2v) is 10.8. The molecule has 1 aliphatic rings. The van der Waals surface area contributed by atoms with Gasteiger partial charge in [0.2, 0.25) is 0 Å². The van der Waals surface area contributed by atoms with Crippen molar-refractivity contribution in [1.29, 1.82) is 0 Å². The Morgan fingerprint density at radius 1 is 0.973 bits per heavy atom. The van der Waals surface area contributed by atoms with Crippen molar-refractivity contribution in [3.8, 4) is 11.1 Å². The zero-order valence-electron chi connectivity index (χ0n) is 21.6. The van der Waals surface area contributed by atoms with E-state index in [1.54, 1.807) is 50.2 Å². The second-order valence-electron chi connectivity index (χ2n) is 10.8. The fourth-order valence-electron chi connectivity index (χ4n) is 4.62. The van der Waals surface area contributed by atoms with Gasteiger partial charge in [-0.15, -0.1) is 0 Å². The number of anilines is 1. The number of carboxylic acids is 1. The molecule has 6 nitrogen and oxygen atoms in total. The molecule has 1 aliphatic heterocycles. The van der Waals surface area contributed by atoms with E-state index >= 15 is 0 Å². The predicted molar refractivity (Wildman–Crippen MR) is 141 cm³/mol. The van der Waals surface area contributed by atoms with Crippen LogP contribution in [0.3, 0.4) is 0 Å². The van der Waals surface area contributed by atoms with Crippen LogP contribution in [0.25, 0.3) is 11.1 Å². The molecule has 0 radical (unpaired) electrons. The highest BCUT2D eigenvalue weighted by molar-refractivity contribution is 6.04. The number of benzene rings is 3. The molecule has 2 amide bonds. The van der Waals surface area contributed by atoms with Gasteiger partial charge in [0.1, 0.15) is 11.9 Å². The van der Waals surface area contributed by atoms with Crippen molar-refractivity contribution in [2.24, 2.45) is 5.92 Å². The number of aliphatic carboxylic acids is 1. The van der Waals surface area contributed by atoms with Gasteiger partial charge in [-0.1, -0.05) is 65.0 Å². The highest BCUT2D eigenvalue weighted by Crippen LogP contribution is 2.32. The minimum atomic E-state index is -1.04. The number of fused-ring (bicyclic) bond motifs is 1. The van der Waals surface area contributed by atoms with Gasteiger partial charge in [-0.2, -0.15) is 0 Å². The summed E-state index contributed by atoms with van der Waals surface area (Å²) in [7, 11) is 0. The maximum atomic E-state index is 15.0. The summed E-state index contributed by atoms with van der Waals surface area (Å²) >= 11 is 0. The van der Waals surface area contributed by atoms with E-state index in [-0.39, 0.29) is 29.5 Å². The topological polar surface area (TPSA) is 86.7 Å². The number of carboxylic acid groups (broad SMARTS) is 1. The Hall–Kier alpha value is -4.00. The molecule has 0 unspecified atom stereocenters. The summed E-state index contributed by atoms with van der Waals surface area (Å²) in [6.07, 6.45) is 0. The first kappa shape index (κ1) is 26.1. The zero-order chi connectivity index (χ0) is 27.1. The van der Waals surface area contributed by atoms with Crippen LogP contribution in [0.2, 0.25) is 0 Å². The number of halogens is 1. The molecule has 0 spiro atoms. The van der Waals surface area contributed by atoms with Gasteiger partial charge >= 0.3 is 5.97 Å². The standard InChI is InChI=1S/C30H31FN2O4/c1-17(2)26(29(36)37)33-16-21-7-6-19(14-23(21)28(33)35)20-10-13-25(24(31)15-20)32-27(34)18-8-11-22(12-9-18)30(3,4)5/h6-15,17,26H,16H2,1-5H3,(H,32,34)(H,36,37)/t26-/m0/s1. The summed E-state index contributed by atoms with van der Waals surface area (Å²) in [4.78, 5) is 38.8. The van der Waals surface area contributed by atoms with Crippen molar-refractivity contribution in [3.05, 3.63) is 88.7 Å². The highest BCUT2D eigenvalue weighted by Gasteiger charge is 2.38. The Morgan fingerprint density at radius 3 is 2.16 bits per heavy atom. The average Bonchev–Trinajstić information content (AvgIpc) is 3.14. The molecular formula is C30H31FN2O4. The lowest BCUT2D eigenvalue weighted by molar-refractivity contribution is -0.144. The molecule has 2 N–H and O–H groups in total. The zero-order valence-corrected chi connectivity index (χ0v) is 21.6. The van der Waals surface area contributed by atoms with Crippen molar-refractivity contribution in [3.63, 3.8) is 0 Å². The molecule has 7 heteroatoms. The van der Waals surface area contributed by atoms with Crippen LogP contribution in [0.15, 0.2) is 60.7 Å². The summed E-state index contributed by atoms with van der Waals surface area (Å²) in [5, 5.41) is 12.2. The van der Waals surface area contributed by atoms with Gasteiger partial charge < -0.3 is 15.3 Å². The maximum Gasteiger partial charge on any atom is 0.326 e. The summed E-state index contributed by atoms with van der Waals surface area (Å²) in [5.74, 6) is -2.64. The molecule has 0 aromatic heterocycles. The number of nitrogens with zero attached hydrogens (tertiary/aromatic N) is 1. The van der Waals surface area contributed by atoms with Gasteiger partial charge in [-0.3, -0.25) is 9.59 Å². The second kappa shape index (κ2) is 9.81. The largest absolute Gasteiger partial charge is 0.480 e. The van der Waals surface area contributed by atoms with E-state index in [2.05, 4.69) is 26.1 Å². The monoisotopic (exact) mass is 502 g/mol. The fraction of sp³-hybridized carbons (Fsp3) is 0.300. The Balaban J connectivity index is 1.53. The predicted octanol–water partition coefficient (Wildman–Crippen LogP) is 6.11. The highest BCUT2D eigenvalue weighted by atomic mass is 19.1. The lowest BCUT2D eigenvalue weighted by Gasteiger charge is -2.27. The molecule has 0 aliphatic carbocycles. The Labute approximate surface area is 216 Å². The van der Waals surface area contributed by atoms with Gasteiger partial charge in [0, 0.05) is 17.7 Å². The third kappa shape index (κ3) is 5.26. The maximum absolute atomic E-state index is 15.0. The van der Waals surface area contributed by atoms with E-state index < -0.39 is 23.7 Å². The van der Waals surface area contributed by atoms with Crippen molar-refractivity contribution >= 4 is 23.5 Å². The minimum absolute atomic E-state index is 0.0379. The van der Waals surface area contributed by atoms with Crippen molar-refractivity contribution in [1.82, 2.24) is 4.90 Å². The molecule has 0 fully saturated rings. The number of carbonyl (C=O) groups is 3. The first-order valence-electron chi connectivity index (χ1n) is 12.3. The number of nitrogens with one attached hydrogen (secondary N) is 1. The van der Waals surface area contributed by atoms with E-state index in [1.807, 2.05) is 12.1 Å². The first-order valence-corrected chi connectivity index (χ1v) is 12.3. The fourth-order valence-corrected chi connectivity index (χ4v) is 4.62. The smallest absolute Gasteiger partial charge is 0.326 e. The minimum Gasteiger partial charge on any atom is -0.480 e. The molecule has 37 heavy (non-hydrogen) atoms. The lowest BCUT2D eigenvalue weighted by Crippen LogP contribution is -2.44. The number of amides is 2. The van der Waals surface area contributed by atoms with E-state index in [0.717, 1.165) is 11.1 Å². The van der Waals surface area contributed by atoms with Gasteiger partial charge in [-0.25, -0.2) is 9.18 Å². The molecule has 3 aromatic rings. The van der Waals surface area contributed by atoms with Crippen LogP contribution in [-0.2, 0) is 16.8 Å². The Kier molecular flexibility index (Phi) is 6.91. The number of hydrogen-bond acceptors (Lipinski definition) is 3. The molecule has 192 valence electrons. The summed E-state index contributed by atoms with van der Waals surface area (Å²) in [6, 6.07) is 16.0. The van der Waals surface area contributed by atoms with Crippen LogP contribution < -0.4 is 5.32 Å². The molecule has 1 heterocycles. The van der Waals surface area contributed by atoms with Gasteiger partial charge in [0.15, 0.2) is 0 Å². The van der Waals surface area contributed by atoms with Crippen molar-refractivity contribution in [2.75, 3.05) is 5.32 Å². The molecule has 0 saturated heterocycles. The van der Waals surface area contributed by atoms with E-state index in [1.165, 1.54) is 17.0 Å². The average molecular weight is 503 g/mol. The van der Waals surface area contributed by atoms with Crippen LogP contribution in [-0.4, -0.2) is 33.8 Å². The Bertz CT molecular complexity index is 1370. The summed E-state index contributed by atoms with van der Waals surface area (Å²) in [6.45, 7) is 10.0. The number of hydrogen-bond donors (Lipinski definition) is 2. The lowest BCUT2D eigenvalue weighted by atomic mass is 9.87. The Morgan fingerprint density at radius 2 is 1.59 bits per heavy atom. The van der Waals surface area contributed by atoms with Crippen molar-refractivity contribution in [2.45, 2.75) is 52.6 Å². The SMILES string of the molecule is CC(C)[C@@H](C(=O)O)N1Cc2ccc(-c3ccc(NC(=O)c4ccc(C(C)(C)C)cc4)c(F)c3)cc2C1=O. The van der Waals surface area contributed by atoms with E-state index in [4.69, 9.17) is 0 Å². The molecule has 0 bridgehead atoms. The van der Waals surface area contributed by atoms with Crippen LogP contribution in [0, 0.1) is 11.7 Å². The molecule has 0 saturated carbocycles. The van der Waals surface area contributed by atoms with Gasteiger partial charge in [-0.05, 0) is 63.9 Å². The third-order valence-corrected chi connectivity index (χ3v) is 6.73. The molecule has 3 aromatic carbocycles. The summed E-state index contributed by atoms with van der Waals surface area (Å²) in [5.41, 5.74) is 3.86. The molecule has 1 atom stereocenters. The van der Waals surface area contributed by atoms with Crippen LogP contribution in [0.4, 0.5) is 10.1 Å². The number of carbonyl (C=O) groups excluding carboxylic acids is 2.